The van der Waals surface area contributed by atoms with Crippen LogP contribution in [0.25, 0.3) is 0 Å². The number of hydrogen-bond acceptors (Lipinski definition) is 0. The quantitative estimate of drug-likeness (QED) is 0.130. The Morgan fingerprint density at radius 2 is 0.852 bits per heavy atom. The summed E-state index contributed by atoms with van der Waals surface area (Å²) in [6.45, 7) is 6.99. The molecule has 0 aliphatic rings. The molecule has 0 rings (SSSR count). The van der Waals surface area contributed by atoms with Gasteiger partial charge in [0.1, 0.15) is 0 Å². The lowest BCUT2D eigenvalue weighted by Crippen LogP contribution is -1.90. The predicted molar refractivity (Wildman–Crippen MR) is 127 cm³/mol. The molecular formula is C27H54. The number of hydrogen-bond donors (Lipinski definition) is 0. The van der Waals surface area contributed by atoms with Crippen molar-refractivity contribution in [1.82, 2.24) is 0 Å². The van der Waals surface area contributed by atoms with Gasteiger partial charge in [0, 0.05) is 0 Å². The highest BCUT2D eigenvalue weighted by molar-refractivity contribution is 4.86. The molecular weight excluding hydrogens is 324 g/mol. The lowest BCUT2D eigenvalue weighted by atomic mass is 10.0. The summed E-state index contributed by atoms with van der Waals surface area (Å²) in [6, 6.07) is 0. The fourth-order valence-electron chi connectivity index (χ4n) is 3.95. The highest BCUT2D eigenvalue weighted by atomic mass is 14.0. The minimum atomic E-state index is 0.790. The van der Waals surface area contributed by atoms with E-state index in [-0.39, 0.29) is 0 Å². The Hall–Kier alpha value is -0.260. The molecule has 0 N–H and O–H groups in total. The number of unbranched alkanes of at least 4 members (excludes halogenated alkanes) is 18. The van der Waals surface area contributed by atoms with Crippen LogP contribution in [-0.2, 0) is 0 Å². The van der Waals surface area contributed by atoms with Crippen molar-refractivity contribution in [2.24, 2.45) is 5.92 Å². The minimum absolute atomic E-state index is 0.790. The summed E-state index contributed by atoms with van der Waals surface area (Å²) in [4.78, 5) is 0. The topological polar surface area (TPSA) is 0 Å². The van der Waals surface area contributed by atoms with Crippen molar-refractivity contribution in [2.75, 3.05) is 0 Å². The van der Waals surface area contributed by atoms with Crippen molar-refractivity contribution in [3.63, 3.8) is 0 Å². The molecule has 0 saturated carbocycles. The van der Waals surface area contributed by atoms with E-state index in [1.807, 2.05) is 0 Å². The first-order valence-electron chi connectivity index (χ1n) is 13.0. The fraction of sp³-hybridized carbons (Fsp3) is 0.926. The highest BCUT2D eigenvalue weighted by Crippen LogP contribution is 2.15. The molecule has 0 radical (unpaired) electrons. The third kappa shape index (κ3) is 23.7. The van der Waals surface area contributed by atoms with Gasteiger partial charge in [-0.3, -0.25) is 0 Å². The van der Waals surface area contributed by atoms with Crippen LogP contribution in [0.5, 0.6) is 0 Å². The molecule has 0 aromatic carbocycles. The Morgan fingerprint density at radius 3 is 1.30 bits per heavy atom. The molecule has 0 aromatic heterocycles. The van der Waals surface area contributed by atoms with Crippen LogP contribution in [0.4, 0.5) is 0 Å². The van der Waals surface area contributed by atoms with Gasteiger partial charge in [0.2, 0.25) is 0 Å². The molecule has 1 atom stereocenters. The van der Waals surface area contributed by atoms with Crippen molar-refractivity contribution >= 4 is 0 Å². The zero-order chi connectivity index (χ0) is 19.8. The molecule has 0 aliphatic heterocycles. The van der Waals surface area contributed by atoms with Crippen LogP contribution in [0.3, 0.4) is 0 Å². The molecule has 0 amide bonds. The summed E-state index contributed by atoms with van der Waals surface area (Å²) in [6.07, 6.45) is 35.0. The normalized spacial score (nSPS) is 12.9. The van der Waals surface area contributed by atoms with Crippen molar-refractivity contribution in [2.45, 2.75) is 156 Å². The van der Waals surface area contributed by atoms with Gasteiger partial charge in [0.15, 0.2) is 0 Å². The van der Waals surface area contributed by atoms with Crippen LogP contribution >= 0.6 is 0 Å². The van der Waals surface area contributed by atoms with E-state index in [1.165, 1.54) is 135 Å². The first kappa shape index (κ1) is 26.7. The van der Waals surface area contributed by atoms with Crippen LogP contribution in [0.1, 0.15) is 156 Å². The van der Waals surface area contributed by atoms with Gasteiger partial charge in [-0.15, -0.1) is 0 Å². The minimum Gasteiger partial charge on any atom is -0.0883 e. The second-order valence-corrected chi connectivity index (χ2v) is 8.99. The van der Waals surface area contributed by atoms with Gasteiger partial charge in [-0.25, -0.2) is 0 Å². The third-order valence-electron chi connectivity index (χ3n) is 5.95. The van der Waals surface area contributed by atoms with Gasteiger partial charge in [-0.1, -0.05) is 148 Å². The van der Waals surface area contributed by atoms with Crippen LogP contribution in [0, 0.1) is 5.92 Å². The van der Waals surface area contributed by atoms with Gasteiger partial charge < -0.3 is 0 Å². The molecule has 1 unspecified atom stereocenters. The van der Waals surface area contributed by atoms with Gasteiger partial charge in [0.05, 0.1) is 0 Å². The van der Waals surface area contributed by atoms with E-state index in [1.54, 1.807) is 0 Å². The second-order valence-electron chi connectivity index (χ2n) is 8.99. The molecule has 0 aromatic rings. The Morgan fingerprint density at radius 1 is 0.481 bits per heavy atom. The van der Waals surface area contributed by atoms with Crippen LogP contribution in [0.15, 0.2) is 12.2 Å². The van der Waals surface area contributed by atoms with E-state index in [0.717, 1.165) is 5.92 Å². The average molecular weight is 379 g/mol. The van der Waals surface area contributed by atoms with Crippen molar-refractivity contribution in [3.05, 3.63) is 12.2 Å². The largest absolute Gasteiger partial charge is 0.0883 e. The maximum atomic E-state index is 2.48. The summed E-state index contributed by atoms with van der Waals surface area (Å²) in [7, 11) is 0. The molecule has 0 bridgehead atoms. The van der Waals surface area contributed by atoms with E-state index < -0.39 is 0 Å². The van der Waals surface area contributed by atoms with Crippen LogP contribution in [-0.4, -0.2) is 0 Å². The molecule has 162 valence electrons. The summed E-state index contributed by atoms with van der Waals surface area (Å²) < 4.78 is 0. The Bertz CT molecular complexity index is 278. The monoisotopic (exact) mass is 378 g/mol. The van der Waals surface area contributed by atoms with E-state index in [9.17, 15) is 0 Å². The zero-order valence-electron chi connectivity index (χ0n) is 19.6. The molecule has 0 fully saturated rings. The second kappa shape index (κ2) is 23.8. The predicted octanol–water partition coefficient (Wildman–Crippen LogP) is 10.4. The number of rotatable bonds is 22. The third-order valence-corrected chi connectivity index (χ3v) is 5.95. The van der Waals surface area contributed by atoms with E-state index in [4.69, 9.17) is 0 Å². The Labute approximate surface area is 174 Å². The van der Waals surface area contributed by atoms with Crippen molar-refractivity contribution in [1.29, 1.82) is 0 Å². The standard InChI is InChI=1S/C27H54/c1-4-6-8-10-12-13-14-15-16-17-18-20-22-24-26-27(3)25-23-21-19-11-9-7-5-2/h24,26-27H,4-23,25H2,1-3H3. The van der Waals surface area contributed by atoms with Crippen LogP contribution < -0.4 is 0 Å². The van der Waals surface area contributed by atoms with E-state index >= 15 is 0 Å². The first-order valence-corrected chi connectivity index (χ1v) is 13.0. The van der Waals surface area contributed by atoms with Gasteiger partial charge in [-0.2, -0.15) is 0 Å². The molecule has 27 heavy (non-hydrogen) atoms. The smallest absolute Gasteiger partial charge is 0.0262 e. The lowest BCUT2D eigenvalue weighted by Gasteiger charge is -2.06. The van der Waals surface area contributed by atoms with E-state index in [0.29, 0.717) is 0 Å². The first-order chi connectivity index (χ1) is 13.3. The maximum absolute atomic E-state index is 2.48. The maximum Gasteiger partial charge on any atom is -0.0262 e. The van der Waals surface area contributed by atoms with E-state index in [2.05, 4.69) is 32.9 Å². The number of allylic oxidation sites excluding steroid dienone is 2. The molecule has 0 spiro atoms. The van der Waals surface area contributed by atoms with Gasteiger partial charge in [-0.05, 0) is 25.2 Å². The van der Waals surface area contributed by atoms with Crippen LogP contribution in [0.2, 0.25) is 0 Å². The molecule has 0 heterocycles. The van der Waals surface area contributed by atoms with Gasteiger partial charge >= 0.3 is 0 Å². The van der Waals surface area contributed by atoms with Gasteiger partial charge in [0.25, 0.3) is 0 Å². The lowest BCUT2D eigenvalue weighted by molar-refractivity contribution is 0.535. The Balaban J connectivity index is 3.20. The van der Waals surface area contributed by atoms with Crippen molar-refractivity contribution in [3.8, 4) is 0 Å². The molecule has 0 aliphatic carbocycles. The fourth-order valence-corrected chi connectivity index (χ4v) is 3.95. The molecule has 0 nitrogen and oxygen atoms in total. The summed E-state index contributed by atoms with van der Waals surface area (Å²) in [5.74, 6) is 0.790. The Kier molecular flexibility index (Phi) is 23.5. The summed E-state index contributed by atoms with van der Waals surface area (Å²) in [5.41, 5.74) is 0. The molecule has 0 saturated heterocycles. The van der Waals surface area contributed by atoms with Crippen molar-refractivity contribution < 1.29 is 0 Å². The highest BCUT2D eigenvalue weighted by Gasteiger charge is 1.98. The summed E-state index contributed by atoms with van der Waals surface area (Å²) >= 11 is 0. The molecule has 0 heteroatoms. The summed E-state index contributed by atoms with van der Waals surface area (Å²) in [5, 5.41) is 0. The SMILES string of the molecule is CCCCCCCCCCCCCCC=CC(C)CCCCCCCCC. The average Bonchev–Trinajstić information content (AvgIpc) is 2.67. The zero-order valence-corrected chi connectivity index (χ0v) is 19.6.